The van der Waals surface area contributed by atoms with E-state index in [1.54, 1.807) is 27.7 Å². The van der Waals surface area contributed by atoms with Crippen molar-refractivity contribution in [1.82, 2.24) is 4.90 Å². The number of carbonyl (C=O) groups excluding carboxylic acids is 3. The molecule has 8 heteroatoms. The first-order valence-electron chi connectivity index (χ1n) is 7.23. The minimum absolute atomic E-state index is 0.130. The standard InChI is InChI=1S/C15H25NO6S/c1-9(8-23-11(3)17)13(19)16(10(2)14(20)21)7-12(18)22-15(4,5)6/h9-10H,7-8H2,1-6H3,(H,20,21)/t9?,10-/m0/s1. The van der Waals surface area contributed by atoms with Crippen LogP contribution in [0, 0.1) is 5.92 Å². The number of carboxylic acids is 1. The van der Waals surface area contributed by atoms with E-state index in [0.717, 1.165) is 16.7 Å². The summed E-state index contributed by atoms with van der Waals surface area (Å²) < 4.78 is 5.14. The highest BCUT2D eigenvalue weighted by Gasteiger charge is 2.32. The van der Waals surface area contributed by atoms with Crippen LogP contribution in [0.2, 0.25) is 0 Å². The van der Waals surface area contributed by atoms with Gasteiger partial charge in [0, 0.05) is 18.6 Å². The number of carbonyl (C=O) groups is 4. The molecule has 7 nitrogen and oxygen atoms in total. The van der Waals surface area contributed by atoms with Gasteiger partial charge in [0.15, 0.2) is 5.12 Å². The number of thioether (sulfide) groups is 1. The van der Waals surface area contributed by atoms with Crippen molar-refractivity contribution < 1.29 is 29.0 Å². The lowest BCUT2D eigenvalue weighted by molar-refractivity contribution is -0.163. The number of hydrogen-bond acceptors (Lipinski definition) is 6. The van der Waals surface area contributed by atoms with Gasteiger partial charge in [-0.2, -0.15) is 0 Å². The van der Waals surface area contributed by atoms with Crippen molar-refractivity contribution in [3.8, 4) is 0 Å². The van der Waals surface area contributed by atoms with Gasteiger partial charge in [-0.3, -0.25) is 14.4 Å². The molecule has 0 aromatic heterocycles. The van der Waals surface area contributed by atoms with E-state index in [-0.39, 0.29) is 10.9 Å². The van der Waals surface area contributed by atoms with Gasteiger partial charge in [-0.1, -0.05) is 18.7 Å². The summed E-state index contributed by atoms with van der Waals surface area (Å²) in [4.78, 5) is 47.5. The van der Waals surface area contributed by atoms with E-state index in [4.69, 9.17) is 9.84 Å². The minimum Gasteiger partial charge on any atom is -0.480 e. The quantitative estimate of drug-likeness (QED) is 0.697. The molecule has 0 heterocycles. The summed E-state index contributed by atoms with van der Waals surface area (Å²) in [5, 5.41) is 9.01. The molecule has 23 heavy (non-hydrogen) atoms. The third-order valence-corrected chi connectivity index (χ3v) is 3.86. The first kappa shape index (κ1) is 21.4. The van der Waals surface area contributed by atoms with Crippen LogP contribution < -0.4 is 0 Å². The highest BCUT2D eigenvalue weighted by Crippen LogP contribution is 2.15. The Morgan fingerprint density at radius 3 is 2.09 bits per heavy atom. The van der Waals surface area contributed by atoms with Crippen LogP contribution in [-0.2, 0) is 23.9 Å². The topological polar surface area (TPSA) is 101 Å². The van der Waals surface area contributed by atoms with Crippen LogP contribution in [0.3, 0.4) is 0 Å². The average Bonchev–Trinajstić information content (AvgIpc) is 2.38. The normalized spacial score (nSPS) is 13.8. The number of nitrogens with zero attached hydrogens (tertiary/aromatic N) is 1. The zero-order valence-electron chi connectivity index (χ0n) is 14.4. The fourth-order valence-electron chi connectivity index (χ4n) is 1.65. The summed E-state index contributed by atoms with van der Waals surface area (Å²) in [6, 6.07) is -1.17. The van der Waals surface area contributed by atoms with Crippen molar-refractivity contribution in [2.24, 2.45) is 5.92 Å². The number of aliphatic carboxylic acids is 1. The maximum atomic E-state index is 12.4. The average molecular weight is 347 g/mol. The van der Waals surface area contributed by atoms with Crippen molar-refractivity contribution in [2.45, 2.75) is 53.2 Å². The van der Waals surface area contributed by atoms with Crippen LogP contribution in [-0.4, -0.2) is 56.9 Å². The van der Waals surface area contributed by atoms with Gasteiger partial charge in [-0.25, -0.2) is 4.79 Å². The molecule has 132 valence electrons. The monoisotopic (exact) mass is 347 g/mol. The Bertz CT molecular complexity index is 471. The number of ether oxygens (including phenoxy) is 1. The molecule has 0 aromatic carbocycles. The van der Waals surface area contributed by atoms with Crippen molar-refractivity contribution in [3.63, 3.8) is 0 Å². The van der Waals surface area contributed by atoms with Crippen molar-refractivity contribution >= 4 is 34.7 Å². The maximum Gasteiger partial charge on any atom is 0.326 e. The van der Waals surface area contributed by atoms with E-state index >= 15 is 0 Å². The Labute approximate surface area is 140 Å². The van der Waals surface area contributed by atoms with Crippen molar-refractivity contribution in [1.29, 1.82) is 0 Å². The Morgan fingerprint density at radius 1 is 1.17 bits per heavy atom. The Balaban J connectivity index is 5.07. The Morgan fingerprint density at radius 2 is 1.70 bits per heavy atom. The van der Waals surface area contributed by atoms with Gasteiger partial charge >= 0.3 is 11.9 Å². The summed E-state index contributed by atoms with van der Waals surface area (Å²) in [6.07, 6.45) is 0. The predicted octanol–water partition coefficient (Wildman–Crippen LogP) is 1.55. The second-order valence-electron chi connectivity index (χ2n) is 6.27. The summed E-state index contributed by atoms with van der Waals surface area (Å²) in [5.41, 5.74) is -0.728. The van der Waals surface area contributed by atoms with E-state index < -0.39 is 42.0 Å². The second kappa shape index (κ2) is 8.90. The number of rotatable bonds is 7. The Kier molecular flexibility index (Phi) is 8.30. The molecule has 0 radical (unpaired) electrons. The highest BCUT2D eigenvalue weighted by molar-refractivity contribution is 8.13. The summed E-state index contributed by atoms with van der Waals surface area (Å²) >= 11 is 0.984. The first-order valence-corrected chi connectivity index (χ1v) is 8.22. The van der Waals surface area contributed by atoms with Gasteiger partial charge in [-0.15, -0.1) is 0 Å². The zero-order chi connectivity index (χ0) is 18.4. The van der Waals surface area contributed by atoms with Crippen molar-refractivity contribution in [3.05, 3.63) is 0 Å². The minimum atomic E-state index is -1.21. The molecular formula is C15H25NO6S. The third-order valence-electron chi connectivity index (χ3n) is 2.79. The molecule has 0 saturated heterocycles. The summed E-state index contributed by atoms with van der Waals surface area (Å²) in [5.74, 6) is -2.75. The molecule has 1 amide bonds. The van der Waals surface area contributed by atoms with Crippen LogP contribution in [0.15, 0.2) is 0 Å². The maximum absolute atomic E-state index is 12.4. The second-order valence-corrected chi connectivity index (χ2v) is 7.47. The molecule has 0 fully saturated rings. The van der Waals surface area contributed by atoms with Gasteiger partial charge in [0.2, 0.25) is 5.91 Å². The molecule has 0 saturated carbocycles. The first-order chi connectivity index (χ1) is 10.3. The fourth-order valence-corrected chi connectivity index (χ4v) is 2.28. The van der Waals surface area contributed by atoms with Crippen LogP contribution in [0.5, 0.6) is 0 Å². The molecule has 2 atom stereocenters. The van der Waals surface area contributed by atoms with E-state index in [2.05, 4.69) is 0 Å². The van der Waals surface area contributed by atoms with Crippen LogP contribution in [0.25, 0.3) is 0 Å². The summed E-state index contributed by atoms with van der Waals surface area (Å²) in [6.45, 7) is 8.92. The van der Waals surface area contributed by atoms with Crippen molar-refractivity contribution in [2.75, 3.05) is 12.3 Å². The number of esters is 1. The van der Waals surface area contributed by atoms with Gasteiger partial charge < -0.3 is 14.7 Å². The lowest BCUT2D eigenvalue weighted by atomic mass is 10.1. The van der Waals surface area contributed by atoms with E-state index in [0.29, 0.717) is 0 Å². The third kappa shape index (κ3) is 8.59. The van der Waals surface area contributed by atoms with Gasteiger partial charge in [0.1, 0.15) is 18.2 Å². The SMILES string of the molecule is CC(=O)SCC(C)C(=O)N(CC(=O)OC(C)(C)C)[C@@H](C)C(=O)O. The van der Waals surface area contributed by atoms with Crippen LogP contribution in [0.1, 0.15) is 41.5 Å². The molecule has 0 aliphatic heterocycles. The lowest BCUT2D eigenvalue weighted by Gasteiger charge is -2.29. The van der Waals surface area contributed by atoms with E-state index in [1.165, 1.54) is 13.8 Å². The van der Waals surface area contributed by atoms with Gasteiger partial charge in [0.25, 0.3) is 0 Å². The molecule has 0 rings (SSSR count). The fraction of sp³-hybridized carbons (Fsp3) is 0.733. The number of amides is 1. The Hall–Kier alpha value is -1.57. The molecule has 0 aliphatic carbocycles. The smallest absolute Gasteiger partial charge is 0.326 e. The highest BCUT2D eigenvalue weighted by atomic mass is 32.2. The van der Waals surface area contributed by atoms with E-state index in [9.17, 15) is 19.2 Å². The number of carboxylic acid groups (broad SMARTS) is 1. The molecule has 0 bridgehead atoms. The van der Waals surface area contributed by atoms with Gasteiger partial charge in [-0.05, 0) is 27.7 Å². The van der Waals surface area contributed by atoms with E-state index in [1.807, 2.05) is 0 Å². The summed E-state index contributed by atoms with van der Waals surface area (Å²) in [7, 11) is 0. The van der Waals surface area contributed by atoms with Gasteiger partial charge in [0.05, 0.1) is 0 Å². The molecule has 1 N–H and O–H groups in total. The lowest BCUT2D eigenvalue weighted by Crippen LogP contribution is -2.49. The van der Waals surface area contributed by atoms with Crippen LogP contribution >= 0.6 is 11.8 Å². The molecule has 1 unspecified atom stereocenters. The van der Waals surface area contributed by atoms with Crippen LogP contribution in [0.4, 0.5) is 0 Å². The molecule has 0 spiro atoms. The molecule has 0 aliphatic rings. The predicted molar refractivity (Wildman–Crippen MR) is 87.0 cm³/mol. The molecule has 0 aromatic rings. The number of hydrogen-bond donors (Lipinski definition) is 1. The largest absolute Gasteiger partial charge is 0.480 e. The molecular weight excluding hydrogens is 322 g/mol. The zero-order valence-corrected chi connectivity index (χ0v) is 15.2.